The molecule has 0 fully saturated rings. The van der Waals surface area contributed by atoms with Crippen LogP contribution in [0.3, 0.4) is 0 Å². The lowest BCUT2D eigenvalue weighted by Crippen LogP contribution is -2.05. The lowest BCUT2D eigenvalue weighted by molar-refractivity contribution is 0.247. The van der Waals surface area contributed by atoms with Crippen molar-refractivity contribution in [3.63, 3.8) is 0 Å². The Labute approximate surface area is 125 Å². The van der Waals surface area contributed by atoms with Crippen LogP contribution >= 0.6 is 15.9 Å². The summed E-state index contributed by atoms with van der Waals surface area (Å²) in [4.78, 5) is 0. The first kappa shape index (κ1) is 14.7. The summed E-state index contributed by atoms with van der Waals surface area (Å²) in [6, 6.07) is 11.7. The Hall–Kier alpha value is -1.75. The quantitative estimate of drug-likeness (QED) is 0.638. The second kappa shape index (κ2) is 7.14. The Bertz CT molecular complexity index is 557. The van der Waals surface area contributed by atoms with Crippen molar-refractivity contribution in [2.75, 3.05) is 18.9 Å². The van der Waals surface area contributed by atoms with E-state index in [9.17, 15) is 4.39 Å². The lowest BCUT2D eigenvalue weighted by Gasteiger charge is -2.09. The topological polar surface area (TPSA) is 44.5 Å². The van der Waals surface area contributed by atoms with Gasteiger partial charge < -0.3 is 15.2 Å². The molecule has 3 nitrogen and oxygen atoms in total. The van der Waals surface area contributed by atoms with Gasteiger partial charge in [-0.2, -0.15) is 0 Å². The Morgan fingerprint density at radius 2 is 1.75 bits per heavy atom. The number of nitrogen functional groups attached to an aromatic ring is 1. The molecule has 0 aromatic heterocycles. The maximum Gasteiger partial charge on any atom is 0.128 e. The zero-order chi connectivity index (χ0) is 14.4. The van der Waals surface area contributed by atoms with Crippen LogP contribution in [0.2, 0.25) is 0 Å². The largest absolute Gasteiger partial charge is 0.493 e. The predicted molar refractivity (Wildman–Crippen MR) is 80.6 cm³/mol. The highest BCUT2D eigenvalue weighted by molar-refractivity contribution is 9.10. The summed E-state index contributed by atoms with van der Waals surface area (Å²) in [5.41, 5.74) is 6.32. The van der Waals surface area contributed by atoms with Gasteiger partial charge in [0.1, 0.15) is 17.3 Å². The molecule has 2 N–H and O–H groups in total. The van der Waals surface area contributed by atoms with Gasteiger partial charge in [-0.25, -0.2) is 4.39 Å². The molecular formula is C15H15BrFNO2. The van der Waals surface area contributed by atoms with E-state index in [2.05, 4.69) is 15.9 Å². The van der Waals surface area contributed by atoms with Crippen LogP contribution in [0.4, 0.5) is 10.1 Å². The molecule has 0 spiro atoms. The summed E-state index contributed by atoms with van der Waals surface area (Å²) in [6.07, 6.45) is 0.697. The normalized spacial score (nSPS) is 10.3. The van der Waals surface area contributed by atoms with Crippen molar-refractivity contribution < 1.29 is 13.9 Å². The average Bonchev–Trinajstić information content (AvgIpc) is 2.37. The third kappa shape index (κ3) is 4.74. The third-order valence-electron chi connectivity index (χ3n) is 2.52. The first-order valence-corrected chi connectivity index (χ1v) is 7.00. The second-order valence-electron chi connectivity index (χ2n) is 4.23. The van der Waals surface area contributed by atoms with E-state index in [1.54, 1.807) is 18.2 Å². The van der Waals surface area contributed by atoms with Gasteiger partial charge in [-0.3, -0.25) is 0 Å². The molecule has 0 aliphatic carbocycles. The van der Waals surface area contributed by atoms with Crippen molar-refractivity contribution in [3.8, 4) is 11.5 Å². The Morgan fingerprint density at radius 1 is 1.00 bits per heavy atom. The minimum atomic E-state index is -0.328. The molecule has 20 heavy (non-hydrogen) atoms. The van der Waals surface area contributed by atoms with Gasteiger partial charge >= 0.3 is 0 Å². The number of rotatable bonds is 6. The molecule has 0 atom stereocenters. The molecular weight excluding hydrogens is 325 g/mol. The van der Waals surface area contributed by atoms with Crippen molar-refractivity contribution in [3.05, 3.63) is 52.8 Å². The van der Waals surface area contributed by atoms with E-state index in [4.69, 9.17) is 15.2 Å². The summed E-state index contributed by atoms with van der Waals surface area (Å²) in [7, 11) is 0. The molecule has 0 unspecified atom stereocenters. The smallest absolute Gasteiger partial charge is 0.128 e. The molecule has 0 bridgehead atoms. The van der Waals surface area contributed by atoms with Crippen LogP contribution in [0.5, 0.6) is 11.5 Å². The monoisotopic (exact) mass is 339 g/mol. The molecule has 0 aliphatic heterocycles. The van der Waals surface area contributed by atoms with E-state index < -0.39 is 0 Å². The van der Waals surface area contributed by atoms with Crippen molar-refractivity contribution in [2.45, 2.75) is 6.42 Å². The second-order valence-corrected chi connectivity index (χ2v) is 5.14. The number of benzene rings is 2. The number of halogens is 2. The van der Waals surface area contributed by atoms with Gasteiger partial charge in [0.25, 0.3) is 0 Å². The molecule has 2 aromatic carbocycles. The van der Waals surface area contributed by atoms with E-state index in [1.807, 2.05) is 12.1 Å². The predicted octanol–water partition coefficient (Wildman–Crippen LogP) is 4.02. The van der Waals surface area contributed by atoms with Crippen molar-refractivity contribution in [1.82, 2.24) is 0 Å². The zero-order valence-corrected chi connectivity index (χ0v) is 12.4. The molecule has 0 radical (unpaired) electrons. The molecule has 2 rings (SSSR count). The highest BCUT2D eigenvalue weighted by Crippen LogP contribution is 2.20. The lowest BCUT2D eigenvalue weighted by atomic mass is 10.3. The molecule has 0 saturated carbocycles. The highest BCUT2D eigenvalue weighted by Gasteiger charge is 2.00. The molecule has 0 heterocycles. The molecule has 5 heteroatoms. The van der Waals surface area contributed by atoms with Crippen LogP contribution < -0.4 is 15.2 Å². The fourth-order valence-corrected chi connectivity index (χ4v) is 2.10. The van der Waals surface area contributed by atoms with E-state index >= 15 is 0 Å². The number of hydrogen-bond acceptors (Lipinski definition) is 3. The van der Waals surface area contributed by atoms with Gasteiger partial charge in [0.15, 0.2) is 0 Å². The summed E-state index contributed by atoms with van der Waals surface area (Å²) in [5.74, 6) is 0.907. The first-order chi connectivity index (χ1) is 9.63. The fraction of sp³-hybridized carbons (Fsp3) is 0.200. The number of hydrogen-bond donors (Lipinski definition) is 1. The van der Waals surface area contributed by atoms with Crippen LogP contribution in [-0.2, 0) is 0 Å². The minimum Gasteiger partial charge on any atom is -0.493 e. The highest BCUT2D eigenvalue weighted by atomic mass is 79.9. The molecule has 0 amide bonds. The summed E-state index contributed by atoms with van der Waals surface area (Å²) in [6.45, 7) is 0.970. The third-order valence-corrected chi connectivity index (χ3v) is 2.98. The van der Waals surface area contributed by atoms with Gasteiger partial charge in [-0.1, -0.05) is 22.0 Å². The first-order valence-electron chi connectivity index (χ1n) is 6.21. The van der Waals surface area contributed by atoms with Crippen LogP contribution in [0.25, 0.3) is 0 Å². The van der Waals surface area contributed by atoms with E-state index in [1.165, 1.54) is 12.1 Å². The van der Waals surface area contributed by atoms with Gasteiger partial charge in [0.2, 0.25) is 0 Å². The van der Waals surface area contributed by atoms with Crippen LogP contribution in [0.1, 0.15) is 6.42 Å². The Morgan fingerprint density at radius 3 is 2.45 bits per heavy atom. The summed E-state index contributed by atoms with van der Waals surface area (Å²) in [5, 5.41) is 0. The maximum absolute atomic E-state index is 13.1. The number of nitrogens with two attached hydrogens (primary N) is 1. The summed E-state index contributed by atoms with van der Waals surface area (Å²) < 4.78 is 24.8. The van der Waals surface area contributed by atoms with Crippen LogP contribution in [0.15, 0.2) is 46.9 Å². The molecule has 0 aliphatic rings. The van der Waals surface area contributed by atoms with Gasteiger partial charge in [-0.05, 0) is 24.3 Å². The average molecular weight is 340 g/mol. The van der Waals surface area contributed by atoms with Crippen LogP contribution in [0, 0.1) is 5.82 Å². The van der Waals surface area contributed by atoms with Crippen molar-refractivity contribution in [1.29, 1.82) is 0 Å². The van der Waals surface area contributed by atoms with Crippen molar-refractivity contribution in [2.24, 2.45) is 0 Å². The number of anilines is 1. The van der Waals surface area contributed by atoms with E-state index in [-0.39, 0.29) is 5.82 Å². The standard InChI is InChI=1S/C15H15BrFNO2/c16-11-7-12(17)9-15(8-11)20-6-2-5-19-14-4-1-3-13(18)10-14/h1,3-4,7-10H,2,5-6,18H2. The molecule has 0 saturated heterocycles. The zero-order valence-electron chi connectivity index (χ0n) is 10.8. The van der Waals surface area contributed by atoms with Gasteiger partial charge in [0, 0.05) is 28.7 Å². The maximum atomic E-state index is 13.1. The molecule has 2 aromatic rings. The Balaban J connectivity index is 1.71. The molecule has 106 valence electrons. The number of ether oxygens (including phenoxy) is 2. The Kier molecular flexibility index (Phi) is 5.24. The van der Waals surface area contributed by atoms with E-state index in [0.717, 1.165) is 5.75 Å². The fourth-order valence-electron chi connectivity index (χ4n) is 1.66. The minimum absolute atomic E-state index is 0.328. The van der Waals surface area contributed by atoms with Gasteiger partial charge in [0.05, 0.1) is 13.2 Å². The SMILES string of the molecule is Nc1cccc(OCCCOc2cc(F)cc(Br)c2)c1. The van der Waals surface area contributed by atoms with Crippen LogP contribution in [-0.4, -0.2) is 13.2 Å². The van der Waals surface area contributed by atoms with Crippen molar-refractivity contribution >= 4 is 21.6 Å². The van der Waals surface area contributed by atoms with E-state index in [0.29, 0.717) is 35.5 Å². The summed E-state index contributed by atoms with van der Waals surface area (Å²) >= 11 is 3.22. The van der Waals surface area contributed by atoms with Gasteiger partial charge in [-0.15, -0.1) is 0 Å².